The van der Waals surface area contributed by atoms with Crippen LogP contribution in [0.25, 0.3) is 0 Å². The molecule has 0 saturated carbocycles. The second-order valence-electron chi connectivity index (χ2n) is 1.05. The molecule has 0 aromatic rings. The average Bonchev–Trinajstić information content (AvgIpc) is 1.61. The maximum absolute atomic E-state index is 2.00. The van der Waals surface area contributed by atoms with Gasteiger partial charge in [-0.3, -0.25) is 0 Å². The SMILES string of the molecule is CC=CC=CC.[Mn]. The van der Waals surface area contributed by atoms with E-state index in [9.17, 15) is 0 Å². The molecule has 0 rings (SSSR count). The van der Waals surface area contributed by atoms with E-state index in [1.54, 1.807) is 0 Å². The Hall–Kier alpha value is -0.000519. The number of hydrogen-bond acceptors (Lipinski definition) is 0. The fourth-order valence-electron chi connectivity index (χ4n) is 0.222. The van der Waals surface area contributed by atoms with Crippen LogP contribution in [-0.4, -0.2) is 0 Å². The van der Waals surface area contributed by atoms with Crippen LogP contribution in [0.4, 0.5) is 0 Å². The van der Waals surface area contributed by atoms with Gasteiger partial charge in [0.1, 0.15) is 0 Å². The molecule has 0 N–H and O–H groups in total. The monoisotopic (exact) mass is 137 g/mol. The van der Waals surface area contributed by atoms with Crippen molar-refractivity contribution in [2.45, 2.75) is 13.8 Å². The van der Waals surface area contributed by atoms with Gasteiger partial charge < -0.3 is 0 Å². The largest absolute Gasteiger partial charge is 0.0877 e. The molecular weight excluding hydrogens is 127 g/mol. The van der Waals surface area contributed by atoms with Gasteiger partial charge in [0.25, 0.3) is 0 Å². The molecule has 0 nitrogen and oxygen atoms in total. The predicted molar refractivity (Wildman–Crippen MR) is 29.6 cm³/mol. The second kappa shape index (κ2) is 9.37. The summed E-state index contributed by atoms with van der Waals surface area (Å²) >= 11 is 0. The normalized spacial score (nSPS) is 10.0. The minimum atomic E-state index is 0. The minimum Gasteiger partial charge on any atom is -0.0877 e. The molecule has 0 atom stereocenters. The van der Waals surface area contributed by atoms with Crippen molar-refractivity contribution >= 4 is 0 Å². The first-order valence-corrected chi connectivity index (χ1v) is 2.15. The van der Waals surface area contributed by atoms with Crippen molar-refractivity contribution in [2.24, 2.45) is 0 Å². The van der Waals surface area contributed by atoms with E-state index in [4.69, 9.17) is 0 Å². The van der Waals surface area contributed by atoms with Crippen molar-refractivity contribution in [1.29, 1.82) is 0 Å². The molecule has 0 aliphatic rings. The van der Waals surface area contributed by atoms with E-state index < -0.39 is 0 Å². The maximum Gasteiger partial charge on any atom is 0 e. The third-order valence-electron chi connectivity index (χ3n) is 0.496. The van der Waals surface area contributed by atoms with E-state index in [0.717, 1.165) is 0 Å². The van der Waals surface area contributed by atoms with Gasteiger partial charge in [0, 0.05) is 17.1 Å². The van der Waals surface area contributed by atoms with E-state index in [-0.39, 0.29) is 17.1 Å². The summed E-state index contributed by atoms with van der Waals surface area (Å²) in [5.74, 6) is 0. The van der Waals surface area contributed by atoms with Crippen LogP contribution in [0.1, 0.15) is 13.8 Å². The Balaban J connectivity index is 0. The summed E-state index contributed by atoms with van der Waals surface area (Å²) in [4.78, 5) is 0. The van der Waals surface area contributed by atoms with Crippen LogP contribution >= 0.6 is 0 Å². The van der Waals surface area contributed by atoms with Crippen LogP contribution in [-0.2, 0) is 17.1 Å². The maximum atomic E-state index is 2.00. The Bertz CT molecular complexity index is 52.6. The van der Waals surface area contributed by atoms with Crippen molar-refractivity contribution < 1.29 is 17.1 Å². The summed E-state index contributed by atoms with van der Waals surface area (Å²) in [6.07, 6.45) is 8.00. The first-order valence-electron chi connectivity index (χ1n) is 2.15. The molecular formula is C6H10Mn. The zero-order chi connectivity index (χ0) is 4.83. The van der Waals surface area contributed by atoms with E-state index in [2.05, 4.69) is 0 Å². The molecule has 0 amide bonds. The first-order chi connectivity index (χ1) is 2.91. The van der Waals surface area contributed by atoms with Gasteiger partial charge >= 0.3 is 0 Å². The quantitative estimate of drug-likeness (QED) is 0.383. The molecule has 0 spiro atoms. The summed E-state index contributed by atoms with van der Waals surface area (Å²) in [6, 6.07) is 0. The summed E-state index contributed by atoms with van der Waals surface area (Å²) in [7, 11) is 0. The van der Waals surface area contributed by atoms with Crippen LogP contribution in [0, 0.1) is 0 Å². The standard InChI is InChI=1S/C6H10.Mn/c1-3-5-6-4-2;/h3-6H,1-2H3;. The topological polar surface area (TPSA) is 0 Å². The molecule has 7 heavy (non-hydrogen) atoms. The number of hydrogen-bond donors (Lipinski definition) is 0. The van der Waals surface area contributed by atoms with Gasteiger partial charge in [-0.1, -0.05) is 24.3 Å². The Kier molecular flexibility index (Phi) is 13.5. The molecule has 0 heterocycles. The molecule has 0 unspecified atom stereocenters. The summed E-state index contributed by atoms with van der Waals surface area (Å²) in [6.45, 7) is 4.00. The van der Waals surface area contributed by atoms with Crippen molar-refractivity contribution in [3.63, 3.8) is 0 Å². The third-order valence-corrected chi connectivity index (χ3v) is 0.496. The predicted octanol–water partition coefficient (Wildman–Crippen LogP) is 2.14. The molecule has 0 fully saturated rings. The summed E-state index contributed by atoms with van der Waals surface area (Å²) < 4.78 is 0. The van der Waals surface area contributed by atoms with Gasteiger partial charge in [0.05, 0.1) is 0 Å². The van der Waals surface area contributed by atoms with Crippen LogP contribution in [0.3, 0.4) is 0 Å². The van der Waals surface area contributed by atoms with Crippen LogP contribution in [0.2, 0.25) is 0 Å². The smallest absolute Gasteiger partial charge is 0 e. The van der Waals surface area contributed by atoms with Crippen molar-refractivity contribution in [2.75, 3.05) is 0 Å². The number of allylic oxidation sites excluding steroid dienone is 4. The fraction of sp³-hybridized carbons (Fsp3) is 0.333. The Morgan fingerprint density at radius 2 is 1.14 bits per heavy atom. The van der Waals surface area contributed by atoms with E-state index in [0.29, 0.717) is 0 Å². The van der Waals surface area contributed by atoms with Gasteiger partial charge in [-0.15, -0.1) is 0 Å². The first kappa shape index (κ1) is 10.1. The van der Waals surface area contributed by atoms with Crippen LogP contribution in [0.5, 0.6) is 0 Å². The van der Waals surface area contributed by atoms with Crippen molar-refractivity contribution in [3.8, 4) is 0 Å². The average molecular weight is 137 g/mol. The molecule has 0 aromatic carbocycles. The Labute approximate surface area is 55.8 Å². The van der Waals surface area contributed by atoms with Crippen LogP contribution in [0.15, 0.2) is 24.3 Å². The zero-order valence-electron chi connectivity index (χ0n) is 4.69. The third kappa shape index (κ3) is 10.7. The molecule has 0 bridgehead atoms. The second-order valence-corrected chi connectivity index (χ2v) is 1.05. The van der Waals surface area contributed by atoms with Gasteiger partial charge in [-0.05, 0) is 13.8 Å². The Morgan fingerprint density at radius 1 is 0.857 bits per heavy atom. The van der Waals surface area contributed by atoms with Crippen molar-refractivity contribution in [3.05, 3.63) is 24.3 Å². The minimum absolute atomic E-state index is 0. The zero-order valence-corrected chi connectivity index (χ0v) is 5.87. The summed E-state index contributed by atoms with van der Waals surface area (Å²) in [5.41, 5.74) is 0. The molecule has 0 aliphatic heterocycles. The Morgan fingerprint density at radius 3 is 1.29 bits per heavy atom. The summed E-state index contributed by atoms with van der Waals surface area (Å²) in [5, 5.41) is 0. The molecule has 0 aliphatic carbocycles. The van der Waals surface area contributed by atoms with Gasteiger partial charge in [0.2, 0.25) is 0 Å². The van der Waals surface area contributed by atoms with E-state index in [1.165, 1.54) is 0 Å². The fourth-order valence-corrected chi connectivity index (χ4v) is 0.222. The van der Waals surface area contributed by atoms with E-state index in [1.807, 2.05) is 38.2 Å². The molecule has 0 saturated heterocycles. The van der Waals surface area contributed by atoms with Crippen LogP contribution < -0.4 is 0 Å². The molecule has 1 radical (unpaired) electrons. The molecule has 0 aromatic heterocycles. The van der Waals surface area contributed by atoms with Crippen molar-refractivity contribution in [1.82, 2.24) is 0 Å². The van der Waals surface area contributed by atoms with Gasteiger partial charge in [-0.2, -0.15) is 0 Å². The van der Waals surface area contributed by atoms with Gasteiger partial charge in [-0.25, -0.2) is 0 Å². The molecule has 1 heteroatoms. The van der Waals surface area contributed by atoms with E-state index >= 15 is 0 Å². The number of rotatable bonds is 1. The van der Waals surface area contributed by atoms with Gasteiger partial charge in [0.15, 0.2) is 0 Å². The molecule has 41 valence electrons.